The Bertz CT molecular complexity index is 240. The van der Waals surface area contributed by atoms with Crippen LogP contribution in [0.25, 0.3) is 0 Å². The molecule has 1 saturated heterocycles. The van der Waals surface area contributed by atoms with Gasteiger partial charge in [0, 0.05) is 13.0 Å². The summed E-state index contributed by atoms with van der Waals surface area (Å²) in [4.78, 5) is 22.3. The molecule has 0 aromatic heterocycles. The SMILES string of the molecule is CC1(F)CCC(=O)N(C(=O)O)CC1. The second-order valence-corrected chi connectivity index (χ2v) is 3.49. The monoisotopic (exact) mass is 189 g/mol. The molecule has 1 aliphatic heterocycles. The van der Waals surface area contributed by atoms with Crippen LogP contribution in [0, 0.1) is 0 Å². The van der Waals surface area contributed by atoms with Crippen molar-refractivity contribution in [1.82, 2.24) is 4.90 Å². The van der Waals surface area contributed by atoms with Gasteiger partial charge in [-0.3, -0.25) is 4.79 Å². The Labute approximate surface area is 75.3 Å². The molecule has 1 unspecified atom stereocenters. The average Bonchev–Trinajstić information content (AvgIpc) is 2.11. The smallest absolute Gasteiger partial charge is 0.414 e. The molecule has 1 heterocycles. The minimum atomic E-state index is -1.42. The molecule has 74 valence electrons. The highest BCUT2D eigenvalue weighted by Crippen LogP contribution is 2.26. The maximum atomic E-state index is 13.4. The zero-order chi connectivity index (χ0) is 10.1. The van der Waals surface area contributed by atoms with Crippen LogP contribution in [0.5, 0.6) is 0 Å². The van der Waals surface area contributed by atoms with Crippen LogP contribution < -0.4 is 0 Å². The van der Waals surface area contributed by atoms with Crippen LogP contribution >= 0.6 is 0 Å². The molecule has 0 aliphatic carbocycles. The van der Waals surface area contributed by atoms with Gasteiger partial charge in [-0.05, 0) is 19.8 Å². The van der Waals surface area contributed by atoms with Crippen molar-refractivity contribution in [1.29, 1.82) is 0 Å². The third-order valence-electron chi connectivity index (χ3n) is 2.25. The van der Waals surface area contributed by atoms with Crippen molar-refractivity contribution < 1.29 is 19.1 Å². The van der Waals surface area contributed by atoms with Gasteiger partial charge in [-0.15, -0.1) is 0 Å². The van der Waals surface area contributed by atoms with Gasteiger partial charge >= 0.3 is 6.09 Å². The number of amides is 2. The summed E-state index contributed by atoms with van der Waals surface area (Å²) >= 11 is 0. The number of alkyl halides is 1. The summed E-state index contributed by atoms with van der Waals surface area (Å²) in [6, 6.07) is 0. The third kappa shape index (κ3) is 2.40. The number of halogens is 1. The van der Waals surface area contributed by atoms with Crippen molar-refractivity contribution in [3.05, 3.63) is 0 Å². The van der Waals surface area contributed by atoms with Gasteiger partial charge in [0.2, 0.25) is 5.91 Å². The molecular weight excluding hydrogens is 177 g/mol. The first-order chi connectivity index (χ1) is 5.92. The number of carbonyl (C=O) groups is 2. The lowest BCUT2D eigenvalue weighted by Crippen LogP contribution is -2.35. The van der Waals surface area contributed by atoms with E-state index in [1.54, 1.807) is 0 Å². The van der Waals surface area contributed by atoms with Crippen molar-refractivity contribution in [2.24, 2.45) is 0 Å². The van der Waals surface area contributed by atoms with Gasteiger partial charge in [-0.1, -0.05) is 0 Å². The van der Waals surface area contributed by atoms with Crippen LogP contribution in [0.4, 0.5) is 9.18 Å². The van der Waals surface area contributed by atoms with E-state index in [9.17, 15) is 14.0 Å². The Hall–Kier alpha value is -1.13. The highest BCUT2D eigenvalue weighted by molar-refractivity contribution is 5.91. The highest BCUT2D eigenvalue weighted by Gasteiger charge is 2.33. The van der Waals surface area contributed by atoms with Crippen molar-refractivity contribution in [2.45, 2.75) is 31.9 Å². The van der Waals surface area contributed by atoms with Crippen molar-refractivity contribution in [3.8, 4) is 0 Å². The molecule has 0 spiro atoms. The first kappa shape index (κ1) is 9.95. The van der Waals surface area contributed by atoms with Gasteiger partial charge in [0.1, 0.15) is 5.67 Å². The fourth-order valence-corrected chi connectivity index (χ4v) is 1.30. The van der Waals surface area contributed by atoms with E-state index in [1.165, 1.54) is 6.92 Å². The molecule has 2 amide bonds. The Morgan fingerprint density at radius 3 is 2.77 bits per heavy atom. The van der Waals surface area contributed by atoms with Gasteiger partial charge in [0.25, 0.3) is 0 Å². The van der Waals surface area contributed by atoms with Crippen LogP contribution in [0.2, 0.25) is 0 Å². The molecule has 13 heavy (non-hydrogen) atoms. The van der Waals surface area contributed by atoms with Crippen LogP contribution in [0.3, 0.4) is 0 Å². The standard InChI is InChI=1S/C8H12FNO3/c1-8(9)3-2-6(11)10(5-4-8)7(12)13/h2-5H2,1H3,(H,12,13). The molecule has 0 bridgehead atoms. The summed E-state index contributed by atoms with van der Waals surface area (Å²) < 4.78 is 13.4. The molecule has 4 nitrogen and oxygen atoms in total. The molecule has 1 rings (SSSR count). The topological polar surface area (TPSA) is 57.6 Å². The Kier molecular flexibility index (Phi) is 2.54. The fourth-order valence-electron chi connectivity index (χ4n) is 1.30. The molecule has 1 aliphatic rings. The van der Waals surface area contributed by atoms with E-state index in [1.807, 2.05) is 0 Å². The average molecular weight is 189 g/mol. The molecule has 0 aromatic rings. The molecule has 0 aromatic carbocycles. The zero-order valence-electron chi connectivity index (χ0n) is 7.42. The van der Waals surface area contributed by atoms with E-state index in [2.05, 4.69) is 0 Å². The molecule has 1 atom stereocenters. The van der Waals surface area contributed by atoms with Crippen LogP contribution in [-0.4, -0.2) is 34.2 Å². The first-order valence-corrected chi connectivity index (χ1v) is 4.14. The fraction of sp³-hybridized carbons (Fsp3) is 0.750. The van der Waals surface area contributed by atoms with E-state index in [0.717, 1.165) is 0 Å². The third-order valence-corrected chi connectivity index (χ3v) is 2.25. The summed E-state index contributed by atoms with van der Waals surface area (Å²) in [5, 5.41) is 8.59. The number of carboxylic acid groups (broad SMARTS) is 1. The maximum Gasteiger partial charge on any atom is 0.414 e. The molecule has 1 N–H and O–H groups in total. The maximum absolute atomic E-state index is 13.4. The summed E-state index contributed by atoms with van der Waals surface area (Å²) in [5.41, 5.74) is -1.42. The zero-order valence-corrected chi connectivity index (χ0v) is 7.42. The number of carbonyl (C=O) groups excluding carboxylic acids is 1. The molecule has 1 fully saturated rings. The van der Waals surface area contributed by atoms with Gasteiger partial charge in [-0.2, -0.15) is 0 Å². The van der Waals surface area contributed by atoms with Crippen LogP contribution in [0.1, 0.15) is 26.2 Å². The van der Waals surface area contributed by atoms with Gasteiger partial charge < -0.3 is 5.11 Å². The number of hydrogen-bond donors (Lipinski definition) is 1. The largest absolute Gasteiger partial charge is 0.465 e. The summed E-state index contributed by atoms with van der Waals surface area (Å²) in [6.45, 7) is 1.35. The number of rotatable bonds is 0. The van der Waals surface area contributed by atoms with Gasteiger partial charge in [0.15, 0.2) is 0 Å². The number of imide groups is 1. The predicted molar refractivity (Wildman–Crippen MR) is 43.1 cm³/mol. The quantitative estimate of drug-likeness (QED) is 0.626. The lowest BCUT2D eigenvalue weighted by molar-refractivity contribution is -0.128. The highest BCUT2D eigenvalue weighted by atomic mass is 19.1. The van der Waals surface area contributed by atoms with Gasteiger partial charge in [-0.25, -0.2) is 14.1 Å². The lowest BCUT2D eigenvalue weighted by atomic mass is 10.00. The minimum Gasteiger partial charge on any atom is -0.465 e. The molecule has 0 saturated carbocycles. The van der Waals surface area contributed by atoms with E-state index < -0.39 is 17.7 Å². The van der Waals surface area contributed by atoms with Crippen molar-refractivity contribution in [3.63, 3.8) is 0 Å². The molecule has 5 heteroatoms. The van der Waals surface area contributed by atoms with Crippen LogP contribution in [0.15, 0.2) is 0 Å². The number of likely N-dealkylation sites (tertiary alicyclic amines) is 1. The van der Waals surface area contributed by atoms with E-state index in [-0.39, 0.29) is 25.8 Å². The minimum absolute atomic E-state index is 0.0285. The van der Waals surface area contributed by atoms with Gasteiger partial charge in [0.05, 0.1) is 0 Å². The van der Waals surface area contributed by atoms with E-state index >= 15 is 0 Å². The van der Waals surface area contributed by atoms with Crippen molar-refractivity contribution >= 4 is 12.0 Å². The Morgan fingerprint density at radius 1 is 1.62 bits per heavy atom. The summed E-state index contributed by atoms with van der Waals surface area (Å²) in [6.07, 6.45) is -1.12. The lowest BCUT2D eigenvalue weighted by Gasteiger charge is -2.16. The molecular formula is C8H12FNO3. The Morgan fingerprint density at radius 2 is 2.23 bits per heavy atom. The first-order valence-electron chi connectivity index (χ1n) is 4.14. The van der Waals surface area contributed by atoms with Crippen LogP contribution in [-0.2, 0) is 4.79 Å². The number of nitrogens with zero attached hydrogens (tertiary/aromatic N) is 1. The second kappa shape index (κ2) is 3.32. The van der Waals surface area contributed by atoms with Crippen molar-refractivity contribution in [2.75, 3.05) is 6.54 Å². The Balaban J connectivity index is 2.71. The second-order valence-electron chi connectivity index (χ2n) is 3.49. The number of hydrogen-bond acceptors (Lipinski definition) is 2. The predicted octanol–water partition coefficient (Wildman–Crippen LogP) is 1.41. The summed E-state index contributed by atoms with van der Waals surface area (Å²) in [5.74, 6) is -0.506. The molecule has 0 radical (unpaired) electrons. The van der Waals surface area contributed by atoms with E-state index in [4.69, 9.17) is 5.11 Å². The summed E-state index contributed by atoms with van der Waals surface area (Å²) in [7, 11) is 0. The van der Waals surface area contributed by atoms with E-state index in [0.29, 0.717) is 4.90 Å². The normalized spacial score (nSPS) is 30.0.